The Labute approximate surface area is 135 Å². The molecule has 0 aromatic heterocycles. The molecule has 1 aliphatic rings. The Morgan fingerprint density at radius 2 is 1.95 bits per heavy atom. The molecule has 1 amide bonds. The van der Waals surface area contributed by atoms with Crippen molar-refractivity contribution in [2.24, 2.45) is 5.41 Å². The van der Waals surface area contributed by atoms with Crippen LogP contribution in [0, 0.1) is 5.41 Å². The second-order valence-electron chi connectivity index (χ2n) is 6.34. The van der Waals surface area contributed by atoms with Gasteiger partial charge in [-0.3, -0.25) is 9.69 Å². The minimum atomic E-state index is -0.106. The van der Waals surface area contributed by atoms with Crippen LogP contribution in [0.1, 0.15) is 26.7 Å². The van der Waals surface area contributed by atoms with Crippen LogP contribution < -0.4 is 11.1 Å². The fourth-order valence-electron chi connectivity index (χ4n) is 2.42. The predicted octanol–water partition coefficient (Wildman–Crippen LogP) is 3.64. The smallest absolute Gasteiger partial charge is 0.238 e. The highest BCUT2D eigenvalue weighted by Gasteiger charge is 2.26. The average molecular weight is 330 g/mol. The molecule has 6 heteroatoms. The summed E-state index contributed by atoms with van der Waals surface area (Å²) in [6, 6.07) is 3.14. The fraction of sp³-hybridized carbons (Fsp3) is 0.533. The van der Waals surface area contributed by atoms with Crippen LogP contribution in [0.25, 0.3) is 0 Å². The zero-order chi connectivity index (χ0) is 15.6. The number of rotatable bonds is 3. The van der Waals surface area contributed by atoms with Crippen LogP contribution in [-0.2, 0) is 4.79 Å². The number of carbonyl (C=O) groups excluding carboxylic acids is 1. The van der Waals surface area contributed by atoms with Crippen molar-refractivity contribution in [2.45, 2.75) is 26.7 Å². The first kappa shape index (κ1) is 16.4. The average Bonchev–Trinajstić information content (AvgIpc) is 2.36. The van der Waals surface area contributed by atoms with E-state index in [1.807, 2.05) is 0 Å². The van der Waals surface area contributed by atoms with E-state index < -0.39 is 0 Å². The third-order valence-corrected chi connectivity index (χ3v) is 4.44. The normalized spacial score (nSPS) is 18.5. The quantitative estimate of drug-likeness (QED) is 0.832. The van der Waals surface area contributed by atoms with Gasteiger partial charge in [-0.05, 0) is 43.5 Å². The molecule has 1 heterocycles. The lowest BCUT2D eigenvalue weighted by molar-refractivity contribution is -0.117. The van der Waals surface area contributed by atoms with Gasteiger partial charge in [0.1, 0.15) is 0 Å². The van der Waals surface area contributed by atoms with Crippen LogP contribution in [0.3, 0.4) is 0 Å². The molecular weight excluding hydrogens is 309 g/mol. The predicted molar refractivity (Wildman–Crippen MR) is 89.0 cm³/mol. The number of nitrogen functional groups attached to an aromatic ring is 1. The van der Waals surface area contributed by atoms with E-state index >= 15 is 0 Å². The maximum absolute atomic E-state index is 12.1. The highest BCUT2D eigenvalue weighted by Crippen LogP contribution is 2.32. The van der Waals surface area contributed by atoms with Crippen molar-refractivity contribution in [1.29, 1.82) is 0 Å². The first-order chi connectivity index (χ1) is 9.77. The van der Waals surface area contributed by atoms with Crippen LogP contribution in [0.2, 0.25) is 10.0 Å². The highest BCUT2D eigenvalue weighted by molar-refractivity contribution is 6.37. The van der Waals surface area contributed by atoms with Crippen LogP contribution in [0.15, 0.2) is 12.1 Å². The van der Waals surface area contributed by atoms with Gasteiger partial charge in [0.05, 0.1) is 22.9 Å². The van der Waals surface area contributed by atoms with Gasteiger partial charge in [-0.2, -0.15) is 0 Å². The van der Waals surface area contributed by atoms with Gasteiger partial charge in [0, 0.05) is 5.02 Å². The van der Waals surface area contributed by atoms with Gasteiger partial charge in [-0.15, -0.1) is 0 Å². The second kappa shape index (κ2) is 6.42. The van der Waals surface area contributed by atoms with Crippen molar-refractivity contribution in [3.8, 4) is 0 Å². The number of likely N-dealkylation sites (tertiary alicyclic amines) is 1. The SMILES string of the molecule is CC1(C)CCN(CC(=O)Nc2c(N)cc(Cl)cc2Cl)CC1. The lowest BCUT2D eigenvalue weighted by atomic mass is 9.83. The van der Waals surface area contributed by atoms with Gasteiger partial charge < -0.3 is 11.1 Å². The third kappa shape index (κ3) is 4.50. The molecule has 0 spiro atoms. The number of nitrogens with one attached hydrogen (secondary N) is 1. The summed E-state index contributed by atoms with van der Waals surface area (Å²) in [5.74, 6) is -0.106. The zero-order valence-electron chi connectivity index (χ0n) is 12.4. The Balaban J connectivity index is 1.94. The Kier molecular flexibility index (Phi) is 5.02. The van der Waals surface area contributed by atoms with E-state index in [4.69, 9.17) is 28.9 Å². The lowest BCUT2D eigenvalue weighted by Gasteiger charge is -2.36. The molecule has 2 rings (SSSR count). The molecule has 21 heavy (non-hydrogen) atoms. The zero-order valence-corrected chi connectivity index (χ0v) is 13.9. The first-order valence-electron chi connectivity index (χ1n) is 7.03. The summed E-state index contributed by atoms with van der Waals surface area (Å²) in [4.78, 5) is 14.3. The number of nitrogens with zero attached hydrogens (tertiary/aromatic N) is 1. The Hall–Kier alpha value is -0.970. The molecule has 4 nitrogen and oxygen atoms in total. The summed E-state index contributed by atoms with van der Waals surface area (Å²) >= 11 is 11.9. The minimum Gasteiger partial charge on any atom is -0.397 e. The number of anilines is 2. The maximum atomic E-state index is 12.1. The number of benzene rings is 1. The largest absolute Gasteiger partial charge is 0.397 e. The van der Waals surface area contributed by atoms with Crippen molar-refractivity contribution in [1.82, 2.24) is 4.90 Å². The standard InChI is InChI=1S/C15H21Cl2N3O/c1-15(2)3-5-20(6-4-15)9-13(21)19-14-11(17)7-10(16)8-12(14)18/h7-8H,3-6,9,18H2,1-2H3,(H,19,21). The number of nitrogens with two attached hydrogens (primary N) is 1. The number of hydrogen-bond acceptors (Lipinski definition) is 3. The molecular formula is C15H21Cl2N3O. The van der Waals surface area contributed by atoms with Crippen LogP contribution in [-0.4, -0.2) is 30.4 Å². The van der Waals surface area contributed by atoms with E-state index in [9.17, 15) is 4.79 Å². The molecule has 0 atom stereocenters. The highest BCUT2D eigenvalue weighted by atomic mass is 35.5. The monoisotopic (exact) mass is 329 g/mol. The molecule has 0 radical (unpaired) electrons. The van der Waals surface area contributed by atoms with Crippen molar-refractivity contribution in [3.63, 3.8) is 0 Å². The molecule has 0 unspecified atom stereocenters. The first-order valence-corrected chi connectivity index (χ1v) is 7.79. The summed E-state index contributed by atoms with van der Waals surface area (Å²) in [7, 11) is 0. The van der Waals surface area contributed by atoms with Crippen LogP contribution >= 0.6 is 23.2 Å². The van der Waals surface area contributed by atoms with Gasteiger partial charge in [0.2, 0.25) is 5.91 Å². The van der Waals surface area contributed by atoms with Gasteiger partial charge in [0.25, 0.3) is 0 Å². The van der Waals surface area contributed by atoms with E-state index in [0.29, 0.717) is 33.4 Å². The number of carbonyl (C=O) groups is 1. The van der Waals surface area contributed by atoms with Gasteiger partial charge in [-0.1, -0.05) is 37.0 Å². The Morgan fingerprint density at radius 3 is 2.52 bits per heavy atom. The molecule has 1 aromatic rings. The summed E-state index contributed by atoms with van der Waals surface area (Å²) < 4.78 is 0. The molecule has 1 fully saturated rings. The van der Waals surface area contributed by atoms with Crippen molar-refractivity contribution in [3.05, 3.63) is 22.2 Å². The molecule has 0 bridgehead atoms. The van der Waals surface area contributed by atoms with E-state index in [1.54, 1.807) is 12.1 Å². The third-order valence-electron chi connectivity index (χ3n) is 3.93. The Morgan fingerprint density at radius 1 is 1.33 bits per heavy atom. The lowest BCUT2D eigenvalue weighted by Crippen LogP contribution is -2.41. The second-order valence-corrected chi connectivity index (χ2v) is 7.18. The summed E-state index contributed by atoms with van der Waals surface area (Å²) in [6.45, 7) is 6.75. The van der Waals surface area contributed by atoms with Crippen LogP contribution in [0.5, 0.6) is 0 Å². The molecule has 0 aliphatic carbocycles. The molecule has 1 aliphatic heterocycles. The Bertz CT molecular complexity index is 513. The number of piperidine rings is 1. The number of amides is 1. The molecule has 3 N–H and O–H groups in total. The fourth-order valence-corrected chi connectivity index (χ4v) is 2.98. The summed E-state index contributed by atoms with van der Waals surface area (Å²) in [6.07, 6.45) is 2.20. The van der Waals surface area contributed by atoms with E-state index in [-0.39, 0.29) is 5.91 Å². The molecule has 116 valence electrons. The van der Waals surface area contributed by atoms with Crippen molar-refractivity contribution < 1.29 is 4.79 Å². The van der Waals surface area contributed by atoms with Crippen molar-refractivity contribution >= 4 is 40.5 Å². The molecule has 0 saturated carbocycles. The van der Waals surface area contributed by atoms with Crippen molar-refractivity contribution in [2.75, 3.05) is 30.7 Å². The maximum Gasteiger partial charge on any atom is 0.238 e. The van der Waals surface area contributed by atoms with E-state index in [0.717, 1.165) is 25.9 Å². The van der Waals surface area contributed by atoms with Gasteiger partial charge >= 0.3 is 0 Å². The van der Waals surface area contributed by atoms with E-state index in [1.165, 1.54) is 0 Å². The topological polar surface area (TPSA) is 58.4 Å². The molecule has 1 saturated heterocycles. The van der Waals surface area contributed by atoms with Crippen LogP contribution in [0.4, 0.5) is 11.4 Å². The van der Waals surface area contributed by atoms with E-state index in [2.05, 4.69) is 24.1 Å². The minimum absolute atomic E-state index is 0.106. The number of hydrogen-bond donors (Lipinski definition) is 2. The summed E-state index contributed by atoms with van der Waals surface area (Å²) in [5.41, 5.74) is 7.02. The summed E-state index contributed by atoms with van der Waals surface area (Å²) in [5, 5.41) is 3.58. The van der Waals surface area contributed by atoms with Gasteiger partial charge in [0.15, 0.2) is 0 Å². The molecule has 1 aromatic carbocycles. The number of halogens is 2. The van der Waals surface area contributed by atoms with Gasteiger partial charge in [-0.25, -0.2) is 0 Å².